The van der Waals surface area contributed by atoms with Crippen LogP contribution in [-0.4, -0.2) is 44.6 Å². The van der Waals surface area contributed by atoms with Gasteiger partial charge in [-0.2, -0.15) is 0 Å². The Morgan fingerprint density at radius 1 is 0.900 bits per heavy atom. The number of carbonyl (C=O) groups excluding carboxylic acids is 3. The number of rotatable bonds is 12. The fraction of sp³-hybridized carbons (Fsp3) is 0.241. The summed E-state index contributed by atoms with van der Waals surface area (Å²) in [6, 6.07) is 19.8. The molecule has 0 bridgehead atoms. The minimum absolute atomic E-state index is 0.157. The highest BCUT2D eigenvalue weighted by Gasteiger charge is 2.13. The van der Waals surface area contributed by atoms with Crippen molar-refractivity contribution in [3.8, 4) is 5.69 Å². The van der Waals surface area contributed by atoms with Crippen LogP contribution < -0.4 is 10.6 Å². The molecule has 1 aromatic heterocycles. The van der Waals surface area contributed by atoms with Crippen molar-refractivity contribution in [2.45, 2.75) is 39.0 Å². The predicted molar refractivity (Wildman–Crippen MR) is 151 cm³/mol. The lowest BCUT2D eigenvalue weighted by molar-refractivity contribution is -0.142. The zero-order chi connectivity index (χ0) is 28.3. The first-order valence-electron chi connectivity index (χ1n) is 12.8. The van der Waals surface area contributed by atoms with E-state index < -0.39 is 0 Å². The lowest BCUT2D eigenvalue weighted by atomic mass is 10.1. The summed E-state index contributed by atoms with van der Waals surface area (Å²) in [5.41, 5.74) is 4.56. The summed E-state index contributed by atoms with van der Waals surface area (Å²) < 4.78 is 6.49. The number of aryl methyl sites for hydroxylation is 2. The molecule has 4 rings (SSSR count). The van der Waals surface area contributed by atoms with Crippen molar-refractivity contribution in [3.05, 3.63) is 94.8 Å². The minimum Gasteiger partial charge on any atom is -0.466 e. The van der Waals surface area contributed by atoms with Crippen molar-refractivity contribution in [3.63, 3.8) is 0 Å². The number of nitrogens with zero attached hydrogens (tertiary/aromatic N) is 4. The van der Waals surface area contributed by atoms with Crippen molar-refractivity contribution < 1.29 is 19.1 Å². The van der Waals surface area contributed by atoms with E-state index in [4.69, 9.17) is 16.3 Å². The van der Waals surface area contributed by atoms with Gasteiger partial charge >= 0.3 is 5.97 Å². The van der Waals surface area contributed by atoms with Crippen LogP contribution in [0.5, 0.6) is 0 Å². The highest BCUT2D eigenvalue weighted by atomic mass is 35.5. The molecule has 0 radical (unpaired) electrons. The number of aromatic nitrogens is 4. The smallest absolute Gasteiger partial charge is 0.310 e. The molecular formula is C29H29ClN6O4. The molecule has 2 amide bonds. The second kappa shape index (κ2) is 14.0. The van der Waals surface area contributed by atoms with Gasteiger partial charge in [0.25, 0.3) is 0 Å². The average Bonchev–Trinajstić information content (AvgIpc) is 3.48. The molecule has 1 heterocycles. The Morgan fingerprint density at radius 3 is 2.35 bits per heavy atom. The average molecular weight is 561 g/mol. The van der Waals surface area contributed by atoms with Gasteiger partial charge in [0.2, 0.25) is 11.8 Å². The van der Waals surface area contributed by atoms with E-state index in [1.165, 1.54) is 11.0 Å². The number of tetrazole rings is 1. The number of carbonyl (C=O) groups is 3. The van der Waals surface area contributed by atoms with Crippen LogP contribution in [0.3, 0.4) is 0 Å². The van der Waals surface area contributed by atoms with E-state index >= 15 is 0 Å². The molecule has 0 aliphatic carbocycles. The molecule has 4 aromatic rings. The van der Waals surface area contributed by atoms with Gasteiger partial charge < -0.3 is 15.4 Å². The third-order valence-corrected chi connectivity index (χ3v) is 6.30. The van der Waals surface area contributed by atoms with Gasteiger partial charge in [-0.05, 0) is 83.3 Å². The van der Waals surface area contributed by atoms with Gasteiger partial charge in [0.05, 0.1) is 18.7 Å². The number of benzene rings is 3. The Kier molecular flexibility index (Phi) is 9.95. The zero-order valence-electron chi connectivity index (χ0n) is 22.0. The molecule has 3 aromatic carbocycles. The van der Waals surface area contributed by atoms with Gasteiger partial charge in [-0.1, -0.05) is 41.9 Å². The molecular weight excluding hydrogens is 532 g/mol. The summed E-state index contributed by atoms with van der Waals surface area (Å²) in [5.74, 6) is -0.610. The molecule has 40 heavy (non-hydrogen) atoms. The van der Waals surface area contributed by atoms with Gasteiger partial charge in [0.15, 0.2) is 0 Å². The van der Waals surface area contributed by atoms with E-state index in [-0.39, 0.29) is 37.0 Å². The summed E-state index contributed by atoms with van der Waals surface area (Å²) in [4.78, 5) is 37.0. The van der Waals surface area contributed by atoms with Crippen LogP contribution in [0.2, 0.25) is 5.02 Å². The van der Waals surface area contributed by atoms with Crippen LogP contribution in [-0.2, 0) is 38.4 Å². The fourth-order valence-corrected chi connectivity index (χ4v) is 4.32. The minimum atomic E-state index is -0.288. The standard InChI is InChI=1S/C29H29ClN6O4/c1-2-40-29(39)17-20-7-12-24(13-8-20)32-27(37)15-9-21-5-3-4-6-25(21)33-28(38)16-10-22-18-23(30)11-14-26(22)36-19-31-34-35-36/h3-8,11-14,18-19H,2,9-10,15-17H2,1H3,(H,32,37)(H,33,38). The van der Waals surface area contributed by atoms with E-state index in [1.54, 1.807) is 43.3 Å². The number of nitrogens with one attached hydrogen (secondary N) is 2. The summed E-state index contributed by atoms with van der Waals surface area (Å²) in [6.45, 7) is 2.10. The van der Waals surface area contributed by atoms with E-state index in [1.807, 2.05) is 30.3 Å². The van der Waals surface area contributed by atoms with Gasteiger partial charge in [0.1, 0.15) is 6.33 Å². The monoisotopic (exact) mass is 560 g/mol. The van der Waals surface area contributed by atoms with Crippen molar-refractivity contribution in [2.75, 3.05) is 17.2 Å². The Balaban J connectivity index is 1.30. The van der Waals surface area contributed by atoms with Crippen molar-refractivity contribution in [1.82, 2.24) is 20.2 Å². The fourth-order valence-electron chi connectivity index (χ4n) is 4.13. The second-order valence-corrected chi connectivity index (χ2v) is 9.40. The van der Waals surface area contributed by atoms with E-state index in [0.717, 1.165) is 22.4 Å². The molecule has 0 saturated heterocycles. The molecule has 0 aliphatic heterocycles. The maximum atomic E-state index is 12.8. The third-order valence-electron chi connectivity index (χ3n) is 6.06. The number of hydrogen-bond donors (Lipinski definition) is 2. The van der Waals surface area contributed by atoms with E-state index in [2.05, 4.69) is 26.2 Å². The molecule has 0 atom stereocenters. The highest BCUT2D eigenvalue weighted by molar-refractivity contribution is 6.30. The third kappa shape index (κ3) is 8.21. The molecule has 206 valence electrons. The number of esters is 1. The molecule has 10 nitrogen and oxygen atoms in total. The largest absolute Gasteiger partial charge is 0.466 e. The van der Waals surface area contributed by atoms with Crippen molar-refractivity contribution in [2.24, 2.45) is 0 Å². The maximum Gasteiger partial charge on any atom is 0.310 e. The molecule has 0 fully saturated rings. The number of para-hydroxylation sites is 1. The Morgan fingerprint density at radius 2 is 1.62 bits per heavy atom. The first-order valence-corrected chi connectivity index (χ1v) is 13.2. The van der Waals surface area contributed by atoms with Crippen LogP contribution in [0.1, 0.15) is 36.5 Å². The normalized spacial score (nSPS) is 10.7. The zero-order valence-corrected chi connectivity index (χ0v) is 22.7. The number of anilines is 2. The number of halogens is 1. The molecule has 2 N–H and O–H groups in total. The van der Waals surface area contributed by atoms with Crippen LogP contribution in [0.25, 0.3) is 5.69 Å². The summed E-state index contributed by atoms with van der Waals surface area (Å²) in [6.07, 6.45) is 3.00. The molecule has 0 saturated carbocycles. The lowest BCUT2D eigenvalue weighted by Gasteiger charge is -2.13. The Hall–Kier alpha value is -4.57. The van der Waals surface area contributed by atoms with Crippen LogP contribution in [0, 0.1) is 0 Å². The SMILES string of the molecule is CCOC(=O)Cc1ccc(NC(=O)CCc2ccccc2NC(=O)CCc2cc(Cl)ccc2-n2cnnn2)cc1. The molecule has 11 heteroatoms. The molecule has 0 unspecified atom stereocenters. The first kappa shape index (κ1) is 28.4. The molecule has 0 aliphatic rings. The topological polar surface area (TPSA) is 128 Å². The number of amides is 2. The predicted octanol–water partition coefficient (Wildman–Crippen LogP) is 4.56. The van der Waals surface area contributed by atoms with E-state index in [9.17, 15) is 14.4 Å². The summed E-state index contributed by atoms with van der Waals surface area (Å²) in [7, 11) is 0. The Bertz CT molecular complexity index is 1460. The first-order chi connectivity index (χ1) is 19.4. The van der Waals surface area contributed by atoms with Crippen molar-refractivity contribution >= 4 is 40.8 Å². The van der Waals surface area contributed by atoms with Gasteiger partial charge in [-0.25, -0.2) is 4.68 Å². The van der Waals surface area contributed by atoms with Crippen LogP contribution in [0.4, 0.5) is 11.4 Å². The van der Waals surface area contributed by atoms with Gasteiger partial charge in [-0.3, -0.25) is 14.4 Å². The maximum absolute atomic E-state index is 12.8. The Labute approximate surface area is 236 Å². The number of ether oxygens (including phenoxy) is 1. The second-order valence-electron chi connectivity index (χ2n) is 8.96. The van der Waals surface area contributed by atoms with Crippen LogP contribution >= 0.6 is 11.6 Å². The summed E-state index contributed by atoms with van der Waals surface area (Å²) >= 11 is 6.18. The number of hydrogen-bond acceptors (Lipinski definition) is 7. The van der Waals surface area contributed by atoms with Crippen molar-refractivity contribution in [1.29, 1.82) is 0 Å². The van der Waals surface area contributed by atoms with Crippen LogP contribution in [0.15, 0.2) is 73.1 Å². The van der Waals surface area contributed by atoms with Gasteiger partial charge in [-0.15, -0.1) is 5.10 Å². The lowest BCUT2D eigenvalue weighted by Crippen LogP contribution is -2.16. The van der Waals surface area contributed by atoms with E-state index in [0.29, 0.717) is 35.8 Å². The van der Waals surface area contributed by atoms with Gasteiger partial charge in [0, 0.05) is 29.2 Å². The highest BCUT2D eigenvalue weighted by Crippen LogP contribution is 2.22. The summed E-state index contributed by atoms with van der Waals surface area (Å²) in [5, 5.41) is 17.7. The molecule has 0 spiro atoms. The quantitative estimate of drug-likeness (QED) is 0.243.